The minimum absolute atomic E-state index is 0.0469. The maximum absolute atomic E-state index is 12.6. The highest BCUT2D eigenvalue weighted by molar-refractivity contribution is 6.04. The number of furan rings is 1. The fourth-order valence-electron chi connectivity index (χ4n) is 2.88. The summed E-state index contributed by atoms with van der Waals surface area (Å²) in [6, 6.07) is 10.7. The molecule has 1 aromatic heterocycles. The first kappa shape index (κ1) is 14.4. The maximum Gasteiger partial charge on any atom is 0.255 e. The Balaban J connectivity index is 1.76. The Morgan fingerprint density at radius 1 is 1.27 bits per heavy atom. The molecular weight excluding hydrogens is 280 g/mol. The van der Waals surface area contributed by atoms with E-state index < -0.39 is 6.04 Å². The van der Waals surface area contributed by atoms with E-state index in [0.29, 0.717) is 17.7 Å². The van der Waals surface area contributed by atoms with E-state index in [1.54, 1.807) is 17.9 Å². The first-order valence-electron chi connectivity index (χ1n) is 7.31. The van der Waals surface area contributed by atoms with E-state index >= 15 is 0 Å². The minimum atomic E-state index is -0.503. The van der Waals surface area contributed by atoms with E-state index in [-0.39, 0.29) is 17.9 Å². The lowest BCUT2D eigenvalue weighted by Gasteiger charge is -2.21. The van der Waals surface area contributed by atoms with Crippen LogP contribution in [-0.4, -0.2) is 23.9 Å². The summed E-state index contributed by atoms with van der Waals surface area (Å²) in [7, 11) is 0. The molecule has 0 radical (unpaired) electrons. The third-order valence-corrected chi connectivity index (χ3v) is 4.00. The zero-order valence-electron chi connectivity index (χ0n) is 12.6. The van der Waals surface area contributed by atoms with Crippen LogP contribution in [0.2, 0.25) is 0 Å². The highest BCUT2D eigenvalue weighted by atomic mass is 16.3. The molecule has 2 aromatic rings. The molecule has 1 aliphatic rings. The van der Waals surface area contributed by atoms with Crippen LogP contribution in [0.1, 0.15) is 29.5 Å². The van der Waals surface area contributed by atoms with Gasteiger partial charge >= 0.3 is 0 Å². The van der Waals surface area contributed by atoms with Gasteiger partial charge in [0.25, 0.3) is 5.91 Å². The van der Waals surface area contributed by atoms with E-state index in [9.17, 15) is 9.59 Å². The van der Waals surface area contributed by atoms with Crippen LogP contribution >= 0.6 is 0 Å². The van der Waals surface area contributed by atoms with Gasteiger partial charge in [0.1, 0.15) is 11.8 Å². The van der Waals surface area contributed by atoms with Crippen molar-refractivity contribution in [2.75, 3.05) is 4.90 Å². The highest BCUT2D eigenvalue weighted by Crippen LogP contribution is 2.26. The number of aryl methyl sites for hydroxylation is 1. The zero-order chi connectivity index (χ0) is 15.7. The zero-order valence-corrected chi connectivity index (χ0v) is 12.6. The van der Waals surface area contributed by atoms with E-state index in [4.69, 9.17) is 4.42 Å². The largest absolute Gasteiger partial charge is 0.469 e. The number of nitrogens with zero attached hydrogens (tertiary/aromatic N) is 1. The van der Waals surface area contributed by atoms with E-state index in [2.05, 4.69) is 5.32 Å². The second-order valence-corrected chi connectivity index (χ2v) is 5.55. The van der Waals surface area contributed by atoms with Crippen molar-refractivity contribution in [3.8, 4) is 0 Å². The molecule has 0 saturated carbocycles. The molecule has 0 bridgehead atoms. The van der Waals surface area contributed by atoms with Gasteiger partial charge in [-0.1, -0.05) is 18.2 Å². The topological polar surface area (TPSA) is 62.6 Å². The standard InChI is InChI=1S/C17H18N2O3/c1-11-10-15(18-16(20)14-8-9-22-12(14)2)17(21)19(11)13-6-4-3-5-7-13/h3-9,11,15H,10H2,1-2H3,(H,18,20)/t11-,15+/m0/s1. The lowest BCUT2D eigenvalue weighted by molar-refractivity contribution is -0.118. The summed E-state index contributed by atoms with van der Waals surface area (Å²) in [6.07, 6.45) is 2.07. The number of carbonyl (C=O) groups excluding carboxylic acids is 2. The Labute approximate surface area is 128 Å². The van der Waals surface area contributed by atoms with Gasteiger partial charge < -0.3 is 14.6 Å². The highest BCUT2D eigenvalue weighted by Gasteiger charge is 2.39. The third-order valence-electron chi connectivity index (χ3n) is 4.00. The average Bonchev–Trinajstić information content (AvgIpc) is 3.04. The second-order valence-electron chi connectivity index (χ2n) is 5.55. The Morgan fingerprint density at radius 2 is 2.00 bits per heavy atom. The summed E-state index contributed by atoms with van der Waals surface area (Å²) in [6.45, 7) is 3.71. The average molecular weight is 298 g/mol. The summed E-state index contributed by atoms with van der Waals surface area (Å²) in [5.74, 6) is 0.204. The fraction of sp³-hybridized carbons (Fsp3) is 0.294. The monoisotopic (exact) mass is 298 g/mol. The molecule has 2 atom stereocenters. The SMILES string of the molecule is Cc1occc1C(=O)N[C@@H]1C[C@H](C)N(c2ccccc2)C1=O. The number of nitrogens with one attached hydrogen (secondary N) is 1. The number of para-hydroxylation sites is 1. The second kappa shape index (κ2) is 5.67. The van der Waals surface area contributed by atoms with Crippen LogP contribution in [0.15, 0.2) is 47.1 Å². The van der Waals surface area contributed by atoms with Crippen LogP contribution in [0.3, 0.4) is 0 Å². The van der Waals surface area contributed by atoms with Gasteiger partial charge in [-0.05, 0) is 38.5 Å². The smallest absolute Gasteiger partial charge is 0.255 e. The maximum atomic E-state index is 12.6. The molecule has 0 aliphatic carbocycles. The van der Waals surface area contributed by atoms with Crippen LogP contribution in [0.5, 0.6) is 0 Å². The van der Waals surface area contributed by atoms with Gasteiger partial charge in [0.15, 0.2) is 0 Å². The molecule has 2 amide bonds. The molecule has 0 unspecified atom stereocenters. The molecule has 1 aliphatic heterocycles. The molecule has 1 fully saturated rings. The first-order valence-corrected chi connectivity index (χ1v) is 7.31. The van der Waals surface area contributed by atoms with Gasteiger partial charge in [-0.25, -0.2) is 0 Å². The van der Waals surface area contributed by atoms with Gasteiger partial charge in [0.2, 0.25) is 5.91 Å². The van der Waals surface area contributed by atoms with Crippen molar-refractivity contribution in [1.29, 1.82) is 0 Å². The number of hydrogen-bond donors (Lipinski definition) is 1. The summed E-state index contributed by atoms with van der Waals surface area (Å²) in [4.78, 5) is 26.6. The van der Waals surface area contributed by atoms with E-state index in [1.165, 1.54) is 6.26 Å². The predicted octanol–water partition coefficient (Wildman–Crippen LogP) is 2.51. The van der Waals surface area contributed by atoms with Crippen molar-refractivity contribution >= 4 is 17.5 Å². The van der Waals surface area contributed by atoms with Crippen LogP contribution in [0.25, 0.3) is 0 Å². The van der Waals surface area contributed by atoms with Gasteiger partial charge in [0, 0.05) is 11.7 Å². The molecule has 5 nitrogen and oxygen atoms in total. The molecule has 3 rings (SSSR count). The van der Waals surface area contributed by atoms with Crippen molar-refractivity contribution in [1.82, 2.24) is 5.32 Å². The Morgan fingerprint density at radius 3 is 2.64 bits per heavy atom. The Kier molecular flexibility index (Phi) is 3.71. The van der Waals surface area contributed by atoms with Gasteiger partial charge in [-0.2, -0.15) is 0 Å². The van der Waals surface area contributed by atoms with Crippen LogP contribution in [0, 0.1) is 6.92 Å². The number of rotatable bonds is 3. The Bertz CT molecular complexity index is 693. The minimum Gasteiger partial charge on any atom is -0.469 e. The number of carbonyl (C=O) groups is 2. The number of anilines is 1. The quantitative estimate of drug-likeness (QED) is 0.947. The molecule has 1 N–H and O–H groups in total. The van der Waals surface area contributed by atoms with Gasteiger partial charge in [-0.15, -0.1) is 0 Å². The molecular formula is C17H18N2O3. The van der Waals surface area contributed by atoms with Gasteiger partial charge in [-0.3, -0.25) is 9.59 Å². The number of benzene rings is 1. The van der Waals surface area contributed by atoms with Crippen LogP contribution < -0.4 is 10.2 Å². The van der Waals surface area contributed by atoms with E-state index in [0.717, 1.165) is 5.69 Å². The Hall–Kier alpha value is -2.56. The van der Waals surface area contributed by atoms with Crippen molar-refractivity contribution in [2.24, 2.45) is 0 Å². The van der Waals surface area contributed by atoms with Gasteiger partial charge in [0.05, 0.1) is 11.8 Å². The van der Waals surface area contributed by atoms with Crippen molar-refractivity contribution in [2.45, 2.75) is 32.4 Å². The lowest BCUT2D eigenvalue weighted by atomic mass is 10.1. The molecule has 0 spiro atoms. The summed E-state index contributed by atoms with van der Waals surface area (Å²) in [5, 5.41) is 2.81. The lowest BCUT2D eigenvalue weighted by Crippen LogP contribution is -2.42. The normalized spacial score (nSPS) is 21.2. The number of amides is 2. The molecule has 5 heteroatoms. The molecule has 114 valence electrons. The fourth-order valence-corrected chi connectivity index (χ4v) is 2.88. The molecule has 2 heterocycles. The molecule has 1 saturated heterocycles. The van der Waals surface area contributed by atoms with Crippen molar-refractivity contribution in [3.05, 3.63) is 54.0 Å². The van der Waals surface area contributed by atoms with Crippen molar-refractivity contribution < 1.29 is 14.0 Å². The first-order chi connectivity index (χ1) is 10.6. The van der Waals surface area contributed by atoms with Crippen LogP contribution in [-0.2, 0) is 4.79 Å². The number of hydrogen-bond acceptors (Lipinski definition) is 3. The third kappa shape index (κ3) is 2.50. The van der Waals surface area contributed by atoms with Crippen LogP contribution in [0.4, 0.5) is 5.69 Å². The summed E-state index contributed by atoms with van der Waals surface area (Å²) in [5.41, 5.74) is 1.33. The summed E-state index contributed by atoms with van der Waals surface area (Å²) < 4.78 is 5.13. The molecule has 22 heavy (non-hydrogen) atoms. The summed E-state index contributed by atoms with van der Waals surface area (Å²) >= 11 is 0. The van der Waals surface area contributed by atoms with E-state index in [1.807, 2.05) is 37.3 Å². The van der Waals surface area contributed by atoms with Crippen molar-refractivity contribution in [3.63, 3.8) is 0 Å². The predicted molar refractivity (Wildman–Crippen MR) is 82.7 cm³/mol. The molecule has 1 aromatic carbocycles.